The average Bonchev–Trinajstić information content (AvgIpc) is 2.74. The van der Waals surface area contributed by atoms with Crippen molar-refractivity contribution in [1.82, 2.24) is 4.98 Å². The zero-order valence-electron chi connectivity index (χ0n) is 7.93. The molecule has 2 nitrogen and oxygen atoms in total. The second kappa shape index (κ2) is 4.88. The number of hydrogen-bond donors (Lipinski definition) is 1. The third kappa shape index (κ3) is 2.87. The largest absolute Gasteiger partial charge is 0.386 e. The van der Waals surface area contributed by atoms with Crippen LogP contribution in [0.3, 0.4) is 0 Å². The molecule has 0 saturated carbocycles. The Morgan fingerprint density at radius 3 is 2.67 bits per heavy atom. The van der Waals surface area contributed by atoms with Gasteiger partial charge in [0.25, 0.3) is 0 Å². The fraction of sp³-hybridized carbons (Fsp3) is 0.182. The van der Waals surface area contributed by atoms with E-state index in [2.05, 4.69) is 20.9 Å². The first-order valence-electron chi connectivity index (χ1n) is 4.57. The van der Waals surface area contributed by atoms with Crippen LogP contribution in [0.25, 0.3) is 0 Å². The Kier molecular flexibility index (Phi) is 3.51. The van der Waals surface area contributed by atoms with Crippen LogP contribution in [0.15, 0.2) is 40.3 Å². The van der Waals surface area contributed by atoms with Gasteiger partial charge >= 0.3 is 0 Å². The molecule has 0 spiro atoms. The minimum atomic E-state index is -0.494. The molecular formula is C11H10BrNOS. The van der Waals surface area contributed by atoms with Crippen LogP contribution < -0.4 is 0 Å². The molecule has 0 radical (unpaired) electrons. The third-order valence-electron chi connectivity index (χ3n) is 2.08. The topological polar surface area (TPSA) is 33.1 Å². The van der Waals surface area contributed by atoms with Crippen LogP contribution >= 0.6 is 27.3 Å². The van der Waals surface area contributed by atoms with E-state index in [0.717, 1.165) is 15.0 Å². The smallest absolute Gasteiger partial charge is 0.121 e. The van der Waals surface area contributed by atoms with Crippen LogP contribution in [0.1, 0.15) is 16.7 Å². The van der Waals surface area contributed by atoms with Gasteiger partial charge in [-0.3, -0.25) is 0 Å². The van der Waals surface area contributed by atoms with Gasteiger partial charge in [0.2, 0.25) is 0 Å². The molecule has 0 amide bonds. The first-order valence-corrected chi connectivity index (χ1v) is 6.25. The standard InChI is InChI=1S/C11H10BrNOS/c12-9-3-1-8(2-4-9)7-10(14)11-13-5-6-15-11/h1-6,10,14H,7H2. The van der Waals surface area contributed by atoms with E-state index < -0.39 is 6.10 Å². The average molecular weight is 284 g/mol. The summed E-state index contributed by atoms with van der Waals surface area (Å²) in [4.78, 5) is 4.09. The zero-order chi connectivity index (χ0) is 10.7. The van der Waals surface area contributed by atoms with Gasteiger partial charge in [0.15, 0.2) is 0 Å². The maximum atomic E-state index is 9.87. The zero-order valence-corrected chi connectivity index (χ0v) is 10.3. The lowest BCUT2D eigenvalue weighted by Gasteiger charge is -2.07. The molecule has 1 N–H and O–H groups in total. The minimum Gasteiger partial charge on any atom is -0.386 e. The molecule has 1 aromatic heterocycles. The van der Waals surface area contributed by atoms with E-state index in [-0.39, 0.29) is 0 Å². The molecule has 2 aromatic rings. The van der Waals surface area contributed by atoms with E-state index >= 15 is 0 Å². The van der Waals surface area contributed by atoms with Crippen molar-refractivity contribution < 1.29 is 5.11 Å². The van der Waals surface area contributed by atoms with Gasteiger partial charge in [-0.15, -0.1) is 11.3 Å². The van der Waals surface area contributed by atoms with Gasteiger partial charge in [0.1, 0.15) is 11.1 Å². The molecule has 1 aromatic carbocycles. The van der Waals surface area contributed by atoms with Gasteiger partial charge in [0, 0.05) is 22.5 Å². The van der Waals surface area contributed by atoms with Crippen LogP contribution in [0.4, 0.5) is 0 Å². The van der Waals surface area contributed by atoms with E-state index in [1.165, 1.54) is 11.3 Å². The van der Waals surface area contributed by atoms with E-state index in [9.17, 15) is 5.11 Å². The number of hydrogen-bond acceptors (Lipinski definition) is 3. The number of benzene rings is 1. The minimum absolute atomic E-state index is 0.494. The molecule has 15 heavy (non-hydrogen) atoms. The molecular weight excluding hydrogens is 274 g/mol. The van der Waals surface area contributed by atoms with Crippen LogP contribution in [0.5, 0.6) is 0 Å². The molecule has 0 saturated heterocycles. The Balaban J connectivity index is 2.06. The summed E-state index contributed by atoms with van der Waals surface area (Å²) in [5, 5.41) is 12.5. The lowest BCUT2D eigenvalue weighted by molar-refractivity contribution is 0.178. The predicted octanol–water partition coefficient (Wildman–Crippen LogP) is 3.18. The summed E-state index contributed by atoms with van der Waals surface area (Å²) in [7, 11) is 0. The number of thiazole rings is 1. The molecule has 0 fully saturated rings. The fourth-order valence-corrected chi connectivity index (χ4v) is 2.22. The Hall–Kier alpha value is -0.710. The normalized spacial score (nSPS) is 12.7. The van der Waals surface area contributed by atoms with Gasteiger partial charge < -0.3 is 5.11 Å². The highest BCUT2D eigenvalue weighted by Crippen LogP contribution is 2.21. The third-order valence-corrected chi connectivity index (χ3v) is 3.48. The summed E-state index contributed by atoms with van der Waals surface area (Å²) >= 11 is 4.86. The Labute approximate surface area is 101 Å². The fourth-order valence-electron chi connectivity index (χ4n) is 1.33. The lowest BCUT2D eigenvalue weighted by atomic mass is 10.1. The quantitative estimate of drug-likeness (QED) is 0.939. The van der Waals surface area contributed by atoms with Gasteiger partial charge in [0.05, 0.1) is 0 Å². The molecule has 78 valence electrons. The number of aliphatic hydroxyl groups excluding tert-OH is 1. The SMILES string of the molecule is OC(Cc1ccc(Br)cc1)c1nccs1. The number of aromatic nitrogens is 1. The maximum Gasteiger partial charge on any atom is 0.121 e. The van der Waals surface area contributed by atoms with E-state index in [4.69, 9.17) is 0 Å². The number of aliphatic hydroxyl groups is 1. The van der Waals surface area contributed by atoms with Crippen LogP contribution in [0.2, 0.25) is 0 Å². The molecule has 1 atom stereocenters. The summed E-state index contributed by atoms with van der Waals surface area (Å²) in [5.74, 6) is 0. The highest BCUT2D eigenvalue weighted by molar-refractivity contribution is 9.10. The van der Waals surface area contributed by atoms with Crippen molar-refractivity contribution in [2.24, 2.45) is 0 Å². The van der Waals surface area contributed by atoms with Crippen LogP contribution in [0, 0.1) is 0 Å². The van der Waals surface area contributed by atoms with Crippen molar-refractivity contribution in [1.29, 1.82) is 0 Å². The van der Waals surface area contributed by atoms with E-state index in [1.54, 1.807) is 6.20 Å². The number of nitrogens with zero attached hydrogens (tertiary/aromatic N) is 1. The van der Waals surface area contributed by atoms with Gasteiger partial charge in [-0.05, 0) is 17.7 Å². The predicted molar refractivity (Wildman–Crippen MR) is 64.9 cm³/mol. The Morgan fingerprint density at radius 1 is 1.33 bits per heavy atom. The second-order valence-electron chi connectivity index (χ2n) is 3.22. The van der Waals surface area contributed by atoms with Crippen LogP contribution in [-0.2, 0) is 6.42 Å². The van der Waals surface area contributed by atoms with E-state index in [0.29, 0.717) is 6.42 Å². The molecule has 0 aliphatic heterocycles. The lowest BCUT2D eigenvalue weighted by Crippen LogP contribution is -2.00. The highest BCUT2D eigenvalue weighted by atomic mass is 79.9. The molecule has 1 unspecified atom stereocenters. The second-order valence-corrected chi connectivity index (χ2v) is 5.06. The summed E-state index contributed by atoms with van der Waals surface area (Å²) < 4.78 is 1.05. The molecule has 4 heteroatoms. The Bertz CT molecular complexity index is 413. The monoisotopic (exact) mass is 283 g/mol. The summed E-state index contributed by atoms with van der Waals surface area (Å²) in [6, 6.07) is 7.95. The molecule has 0 aliphatic rings. The van der Waals surface area contributed by atoms with Crippen molar-refractivity contribution in [2.45, 2.75) is 12.5 Å². The molecule has 0 aliphatic carbocycles. The first kappa shape index (κ1) is 10.8. The van der Waals surface area contributed by atoms with Gasteiger partial charge in [-0.25, -0.2) is 4.98 Å². The molecule has 1 heterocycles. The highest BCUT2D eigenvalue weighted by Gasteiger charge is 2.10. The van der Waals surface area contributed by atoms with Crippen molar-refractivity contribution in [3.63, 3.8) is 0 Å². The molecule has 2 rings (SSSR count). The van der Waals surface area contributed by atoms with Crippen LogP contribution in [-0.4, -0.2) is 10.1 Å². The first-order chi connectivity index (χ1) is 7.25. The summed E-state index contributed by atoms with van der Waals surface area (Å²) in [6.45, 7) is 0. The molecule has 0 bridgehead atoms. The van der Waals surface area contributed by atoms with Gasteiger partial charge in [-0.1, -0.05) is 28.1 Å². The van der Waals surface area contributed by atoms with E-state index in [1.807, 2.05) is 29.6 Å². The van der Waals surface area contributed by atoms with Crippen molar-refractivity contribution in [2.75, 3.05) is 0 Å². The van der Waals surface area contributed by atoms with Gasteiger partial charge in [-0.2, -0.15) is 0 Å². The summed E-state index contributed by atoms with van der Waals surface area (Å²) in [6.07, 6.45) is 1.83. The summed E-state index contributed by atoms with van der Waals surface area (Å²) in [5.41, 5.74) is 1.11. The number of halogens is 1. The van der Waals surface area contributed by atoms with Crippen molar-refractivity contribution in [3.05, 3.63) is 50.9 Å². The maximum absolute atomic E-state index is 9.87. The number of rotatable bonds is 3. The van der Waals surface area contributed by atoms with Crippen molar-refractivity contribution in [3.8, 4) is 0 Å². The Morgan fingerprint density at radius 2 is 2.07 bits per heavy atom. The van der Waals surface area contributed by atoms with Crippen molar-refractivity contribution >= 4 is 27.3 Å².